The lowest BCUT2D eigenvalue weighted by Crippen LogP contribution is -2.17. The van der Waals surface area contributed by atoms with Gasteiger partial charge < -0.3 is 24.3 Å². The zero-order valence-corrected chi connectivity index (χ0v) is 19.2. The summed E-state index contributed by atoms with van der Waals surface area (Å²) in [6, 6.07) is 10.1. The Labute approximate surface area is 204 Å². The summed E-state index contributed by atoms with van der Waals surface area (Å²) in [5.74, 6) is -4.33. The van der Waals surface area contributed by atoms with Crippen molar-refractivity contribution in [1.82, 2.24) is 4.57 Å². The van der Waals surface area contributed by atoms with E-state index in [-0.39, 0.29) is 34.2 Å². The summed E-state index contributed by atoms with van der Waals surface area (Å²) in [5.41, 5.74) is 2.15. The highest BCUT2D eigenvalue weighted by Gasteiger charge is 2.30. The van der Waals surface area contributed by atoms with Gasteiger partial charge in [-0.2, -0.15) is 0 Å². The first kappa shape index (κ1) is 23.7. The molecule has 6 nitrogen and oxygen atoms in total. The van der Waals surface area contributed by atoms with Crippen molar-refractivity contribution >= 4 is 16.9 Å². The molecule has 5 rings (SSSR count). The van der Waals surface area contributed by atoms with Crippen LogP contribution in [-0.4, -0.2) is 41.1 Å². The normalized spacial score (nSPS) is 14.3. The maximum absolute atomic E-state index is 14.6. The van der Waals surface area contributed by atoms with Gasteiger partial charge >= 0.3 is 5.97 Å². The number of rotatable bonds is 5. The van der Waals surface area contributed by atoms with Crippen LogP contribution < -0.4 is 4.74 Å². The number of aromatic nitrogens is 1. The van der Waals surface area contributed by atoms with Crippen LogP contribution >= 0.6 is 0 Å². The monoisotopic (exact) mass is 497 g/mol. The first-order valence-electron chi connectivity index (χ1n) is 11.3. The SMILES string of the molecule is COc1cc(-c2c(C3CCOCC3)n(-c3ccc(F)c(F)c3)c3cc(F)cc(O)c23)ccc1C(=O)O. The summed E-state index contributed by atoms with van der Waals surface area (Å²) in [4.78, 5) is 11.6. The van der Waals surface area contributed by atoms with Crippen LogP contribution in [0.3, 0.4) is 0 Å². The summed E-state index contributed by atoms with van der Waals surface area (Å²) in [7, 11) is 1.35. The molecule has 1 aliphatic heterocycles. The second kappa shape index (κ2) is 9.23. The number of aromatic hydroxyl groups is 1. The van der Waals surface area contributed by atoms with Gasteiger partial charge in [-0.3, -0.25) is 0 Å². The average molecular weight is 497 g/mol. The van der Waals surface area contributed by atoms with Crippen molar-refractivity contribution in [3.05, 3.63) is 77.2 Å². The minimum Gasteiger partial charge on any atom is -0.507 e. The van der Waals surface area contributed by atoms with E-state index in [1.165, 1.54) is 25.3 Å². The van der Waals surface area contributed by atoms with Crippen molar-refractivity contribution < 1.29 is 37.7 Å². The standard InChI is InChI=1S/C27H22F3NO5/c1-35-23-10-15(2-4-18(23)27(33)34)24-25-21(11-16(28)12-22(25)32)31(17-3-5-19(29)20(30)13-17)26(24)14-6-8-36-9-7-14/h2-5,10-14,32H,6-9H2,1H3,(H,33,34). The number of phenolic OH excluding ortho intramolecular Hbond substituents is 1. The van der Waals surface area contributed by atoms with Gasteiger partial charge in [0.05, 0.1) is 18.0 Å². The number of benzene rings is 3. The van der Waals surface area contributed by atoms with Crippen LogP contribution in [0, 0.1) is 17.5 Å². The van der Waals surface area contributed by atoms with Crippen LogP contribution in [0.4, 0.5) is 13.2 Å². The Morgan fingerprint density at radius 1 is 1.03 bits per heavy atom. The minimum atomic E-state index is -1.17. The van der Waals surface area contributed by atoms with Gasteiger partial charge in [0.2, 0.25) is 0 Å². The van der Waals surface area contributed by atoms with Gasteiger partial charge in [0.15, 0.2) is 11.6 Å². The van der Waals surface area contributed by atoms with Crippen LogP contribution in [0.15, 0.2) is 48.5 Å². The number of hydrogen-bond donors (Lipinski definition) is 2. The molecule has 0 spiro atoms. The molecule has 2 heterocycles. The molecular weight excluding hydrogens is 475 g/mol. The first-order valence-corrected chi connectivity index (χ1v) is 11.3. The van der Waals surface area contributed by atoms with Crippen LogP contribution in [-0.2, 0) is 4.74 Å². The molecule has 4 aromatic rings. The molecule has 3 aromatic carbocycles. The second-order valence-corrected chi connectivity index (χ2v) is 8.62. The van der Waals surface area contributed by atoms with E-state index in [1.807, 2.05) is 0 Å². The lowest BCUT2D eigenvalue weighted by Gasteiger charge is -2.26. The van der Waals surface area contributed by atoms with Gasteiger partial charge in [-0.1, -0.05) is 6.07 Å². The molecule has 0 aliphatic carbocycles. The first-order chi connectivity index (χ1) is 17.3. The Kier molecular flexibility index (Phi) is 6.09. The van der Waals surface area contributed by atoms with E-state index < -0.39 is 23.4 Å². The van der Waals surface area contributed by atoms with Gasteiger partial charge in [0, 0.05) is 48.2 Å². The zero-order valence-electron chi connectivity index (χ0n) is 19.2. The fraction of sp³-hybridized carbons (Fsp3) is 0.222. The fourth-order valence-electron chi connectivity index (χ4n) is 4.96. The van der Waals surface area contributed by atoms with Crippen LogP contribution in [0.5, 0.6) is 11.5 Å². The molecule has 36 heavy (non-hydrogen) atoms. The van der Waals surface area contributed by atoms with Crippen LogP contribution in [0.2, 0.25) is 0 Å². The Bertz CT molecular complexity index is 1490. The molecule has 2 N–H and O–H groups in total. The number of nitrogens with zero attached hydrogens (tertiary/aromatic N) is 1. The number of carbonyl (C=O) groups is 1. The van der Waals surface area contributed by atoms with Crippen molar-refractivity contribution in [3.8, 4) is 28.3 Å². The number of phenols is 1. The topological polar surface area (TPSA) is 80.9 Å². The van der Waals surface area contributed by atoms with Crippen molar-refractivity contribution in [2.75, 3.05) is 20.3 Å². The molecule has 1 saturated heterocycles. The number of carboxylic acids is 1. The highest BCUT2D eigenvalue weighted by Crippen LogP contribution is 2.47. The number of methoxy groups -OCH3 is 1. The number of hydrogen-bond acceptors (Lipinski definition) is 4. The molecule has 0 atom stereocenters. The Morgan fingerprint density at radius 3 is 2.44 bits per heavy atom. The molecule has 0 radical (unpaired) electrons. The van der Waals surface area contributed by atoms with E-state index in [1.54, 1.807) is 16.7 Å². The number of halogens is 3. The molecule has 1 fully saturated rings. The maximum Gasteiger partial charge on any atom is 0.339 e. The van der Waals surface area contributed by atoms with Gasteiger partial charge in [0.1, 0.15) is 22.9 Å². The van der Waals surface area contributed by atoms with Crippen LogP contribution in [0.1, 0.15) is 34.8 Å². The van der Waals surface area contributed by atoms with E-state index >= 15 is 0 Å². The van der Waals surface area contributed by atoms with Crippen molar-refractivity contribution in [2.24, 2.45) is 0 Å². The fourth-order valence-corrected chi connectivity index (χ4v) is 4.96. The van der Waals surface area contributed by atoms with E-state index in [0.29, 0.717) is 48.3 Å². The van der Waals surface area contributed by atoms with Crippen molar-refractivity contribution in [1.29, 1.82) is 0 Å². The predicted molar refractivity (Wildman–Crippen MR) is 127 cm³/mol. The van der Waals surface area contributed by atoms with Gasteiger partial charge in [-0.15, -0.1) is 0 Å². The molecule has 186 valence electrons. The molecular formula is C27H22F3NO5. The molecule has 0 bridgehead atoms. The summed E-state index contributed by atoms with van der Waals surface area (Å²) < 4.78 is 55.2. The number of fused-ring (bicyclic) bond motifs is 1. The van der Waals surface area contributed by atoms with Gasteiger partial charge in [-0.25, -0.2) is 18.0 Å². The Morgan fingerprint density at radius 2 is 1.78 bits per heavy atom. The smallest absolute Gasteiger partial charge is 0.339 e. The number of ether oxygens (including phenoxy) is 2. The van der Waals surface area contributed by atoms with E-state index in [4.69, 9.17) is 9.47 Å². The third kappa shape index (κ3) is 3.95. The third-order valence-electron chi connectivity index (χ3n) is 6.54. The Balaban J connectivity index is 1.91. The highest BCUT2D eigenvalue weighted by atomic mass is 19.2. The van der Waals surface area contributed by atoms with Gasteiger partial charge in [-0.05, 0) is 48.7 Å². The molecule has 0 saturated carbocycles. The number of aromatic carboxylic acids is 1. The zero-order chi connectivity index (χ0) is 25.6. The predicted octanol–water partition coefficient (Wildman–Crippen LogP) is 6.02. The summed E-state index contributed by atoms with van der Waals surface area (Å²) in [6.45, 7) is 0.927. The average Bonchev–Trinajstić information content (AvgIpc) is 3.21. The third-order valence-corrected chi connectivity index (χ3v) is 6.54. The largest absolute Gasteiger partial charge is 0.507 e. The van der Waals surface area contributed by atoms with E-state index in [0.717, 1.165) is 18.2 Å². The maximum atomic E-state index is 14.6. The quantitative estimate of drug-likeness (QED) is 0.352. The summed E-state index contributed by atoms with van der Waals surface area (Å²) >= 11 is 0. The summed E-state index contributed by atoms with van der Waals surface area (Å²) in [6.07, 6.45) is 1.20. The highest BCUT2D eigenvalue weighted by molar-refractivity contribution is 6.04. The molecule has 9 heteroatoms. The Hall–Kier alpha value is -3.98. The van der Waals surface area contributed by atoms with Gasteiger partial charge in [0.25, 0.3) is 0 Å². The lowest BCUT2D eigenvalue weighted by atomic mass is 9.89. The second-order valence-electron chi connectivity index (χ2n) is 8.62. The van der Waals surface area contributed by atoms with Crippen molar-refractivity contribution in [2.45, 2.75) is 18.8 Å². The van der Waals surface area contributed by atoms with E-state index in [2.05, 4.69) is 0 Å². The van der Waals surface area contributed by atoms with Crippen molar-refractivity contribution in [3.63, 3.8) is 0 Å². The molecule has 0 amide bonds. The molecule has 1 aromatic heterocycles. The van der Waals surface area contributed by atoms with Crippen LogP contribution in [0.25, 0.3) is 27.7 Å². The van der Waals surface area contributed by atoms with E-state index in [9.17, 15) is 28.2 Å². The minimum absolute atomic E-state index is 0.0477. The summed E-state index contributed by atoms with van der Waals surface area (Å²) in [5, 5.41) is 20.7. The molecule has 1 aliphatic rings. The number of carboxylic acid groups (broad SMARTS) is 1. The lowest BCUT2D eigenvalue weighted by molar-refractivity contribution is 0.0693. The molecule has 0 unspecified atom stereocenters.